The van der Waals surface area contributed by atoms with Crippen LogP contribution in [0, 0.1) is 5.92 Å². The Bertz CT molecular complexity index is 290. The van der Waals surface area contributed by atoms with Gasteiger partial charge in [0.2, 0.25) is 5.91 Å². The summed E-state index contributed by atoms with van der Waals surface area (Å²) in [4.78, 5) is 12.0. The van der Waals surface area contributed by atoms with Crippen molar-refractivity contribution in [3.05, 3.63) is 0 Å². The zero-order chi connectivity index (χ0) is 13.0. The molecule has 2 rings (SSSR count). The Morgan fingerprint density at radius 2 is 2.44 bits per heavy atom. The molecule has 0 radical (unpaired) electrons. The fourth-order valence-corrected chi connectivity index (χ4v) is 2.68. The number of amides is 1. The summed E-state index contributed by atoms with van der Waals surface area (Å²) < 4.78 is 5.16. The lowest BCUT2D eigenvalue weighted by molar-refractivity contribution is -0.125. The summed E-state index contributed by atoms with van der Waals surface area (Å²) in [5.74, 6) is 0.647. The summed E-state index contributed by atoms with van der Waals surface area (Å²) in [6.07, 6.45) is 3.78. The zero-order valence-electron chi connectivity index (χ0n) is 11.1. The summed E-state index contributed by atoms with van der Waals surface area (Å²) in [5, 5.41) is 16.2. The van der Waals surface area contributed by atoms with Gasteiger partial charge in [-0.05, 0) is 25.3 Å². The Balaban J connectivity index is 1.77. The molecule has 0 saturated carbocycles. The predicted molar refractivity (Wildman–Crippen MR) is 68.2 cm³/mol. The van der Waals surface area contributed by atoms with Gasteiger partial charge in [-0.3, -0.25) is 4.79 Å². The van der Waals surface area contributed by atoms with Gasteiger partial charge < -0.3 is 20.5 Å². The predicted octanol–water partition coefficient (Wildman–Crippen LogP) is 0.0322. The van der Waals surface area contributed by atoms with Crippen molar-refractivity contribution in [2.24, 2.45) is 5.92 Å². The monoisotopic (exact) mass is 256 g/mol. The average molecular weight is 256 g/mol. The van der Waals surface area contributed by atoms with Crippen molar-refractivity contribution < 1.29 is 14.6 Å². The van der Waals surface area contributed by atoms with E-state index < -0.39 is 5.60 Å². The molecular formula is C13H24N2O3. The van der Waals surface area contributed by atoms with E-state index in [4.69, 9.17) is 4.74 Å². The van der Waals surface area contributed by atoms with Gasteiger partial charge in [-0.2, -0.15) is 0 Å². The number of hydrogen-bond acceptors (Lipinski definition) is 4. The van der Waals surface area contributed by atoms with Crippen molar-refractivity contribution >= 4 is 5.91 Å². The Morgan fingerprint density at radius 3 is 3.11 bits per heavy atom. The van der Waals surface area contributed by atoms with Gasteiger partial charge in [0.1, 0.15) is 5.60 Å². The number of piperidine rings is 1. The van der Waals surface area contributed by atoms with Crippen molar-refractivity contribution in [1.29, 1.82) is 0 Å². The van der Waals surface area contributed by atoms with E-state index in [-0.39, 0.29) is 11.9 Å². The molecule has 0 bridgehead atoms. The number of nitrogens with one attached hydrogen (secondary N) is 2. The molecule has 0 aromatic carbocycles. The molecule has 3 unspecified atom stereocenters. The Labute approximate surface area is 108 Å². The zero-order valence-corrected chi connectivity index (χ0v) is 11.1. The fourth-order valence-electron chi connectivity index (χ4n) is 2.68. The maximum Gasteiger partial charge on any atom is 0.237 e. The maximum absolute atomic E-state index is 12.0. The minimum Gasteiger partial charge on any atom is -0.386 e. The summed E-state index contributed by atoms with van der Waals surface area (Å²) >= 11 is 0. The molecule has 0 aromatic heterocycles. The van der Waals surface area contributed by atoms with Gasteiger partial charge in [0, 0.05) is 19.6 Å². The van der Waals surface area contributed by atoms with Crippen LogP contribution in [0.3, 0.4) is 0 Å². The molecule has 2 fully saturated rings. The van der Waals surface area contributed by atoms with Crippen LogP contribution in [-0.2, 0) is 9.53 Å². The molecular weight excluding hydrogens is 232 g/mol. The second-order valence-corrected chi connectivity index (χ2v) is 5.55. The lowest BCUT2D eigenvalue weighted by Crippen LogP contribution is -2.52. The third kappa shape index (κ3) is 3.43. The van der Waals surface area contributed by atoms with Crippen LogP contribution in [0.1, 0.15) is 32.6 Å². The highest BCUT2D eigenvalue weighted by Crippen LogP contribution is 2.20. The molecule has 2 aliphatic rings. The second kappa shape index (κ2) is 5.99. The van der Waals surface area contributed by atoms with Crippen LogP contribution in [0.25, 0.3) is 0 Å². The summed E-state index contributed by atoms with van der Waals surface area (Å²) in [6, 6.07) is -0.102. The molecule has 2 saturated heterocycles. The molecule has 18 heavy (non-hydrogen) atoms. The normalized spacial score (nSPS) is 36.6. The minimum atomic E-state index is -0.867. The standard InChI is InChI=1S/C13H24N2O3/c1-2-10-3-5-14-11(7-10)12(16)15-8-13(17)4-6-18-9-13/h10-11,14,17H,2-9H2,1H3,(H,15,16). The third-order valence-electron chi connectivity index (χ3n) is 4.08. The van der Waals surface area contributed by atoms with E-state index >= 15 is 0 Å². The molecule has 0 aliphatic carbocycles. The molecule has 104 valence electrons. The number of carbonyl (C=O) groups is 1. The van der Waals surface area contributed by atoms with E-state index in [9.17, 15) is 9.90 Å². The molecule has 2 heterocycles. The van der Waals surface area contributed by atoms with Crippen LogP contribution < -0.4 is 10.6 Å². The van der Waals surface area contributed by atoms with Crippen molar-refractivity contribution in [3.8, 4) is 0 Å². The van der Waals surface area contributed by atoms with Gasteiger partial charge >= 0.3 is 0 Å². The third-order valence-corrected chi connectivity index (χ3v) is 4.08. The van der Waals surface area contributed by atoms with Crippen molar-refractivity contribution in [2.45, 2.75) is 44.2 Å². The quantitative estimate of drug-likeness (QED) is 0.664. The molecule has 3 atom stereocenters. The molecule has 0 spiro atoms. The van der Waals surface area contributed by atoms with Gasteiger partial charge in [-0.15, -0.1) is 0 Å². The van der Waals surface area contributed by atoms with Gasteiger partial charge in [-0.1, -0.05) is 13.3 Å². The highest BCUT2D eigenvalue weighted by Gasteiger charge is 2.34. The molecule has 5 nitrogen and oxygen atoms in total. The molecule has 1 amide bonds. The summed E-state index contributed by atoms with van der Waals surface area (Å²) in [6.45, 7) is 4.27. The van der Waals surface area contributed by atoms with Crippen LogP contribution in [0.5, 0.6) is 0 Å². The minimum absolute atomic E-state index is 0.00785. The number of ether oxygens (including phenoxy) is 1. The van der Waals surface area contributed by atoms with Crippen molar-refractivity contribution in [2.75, 3.05) is 26.3 Å². The topological polar surface area (TPSA) is 70.6 Å². The smallest absolute Gasteiger partial charge is 0.237 e. The van der Waals surface area contributed by atoms with E-state index in [2.05, 4.69) is 17.6 Å². The van der Waals surface area contributed by atoms with Crippen molar-refractivity contribution in [1.82, 2.24) is 10.6 Å². The molecule has 5 heteroatoms. The maximum atomic E-state index is 12.0. The second-order valence-electron chi connectivity index (χ2n) is 5.55. The van der Waals surface area contributed by atoms with E-state index in [1.807, 2.05) is 0 Å². The fraction of sp³-hybridized carbons (Fsp3) is 0.923. The van der Waals surface area contributed by atoms with E-state index in [0.717, 1.165) is 25.8 Å². The highest BCUT2D eigenvalue weighted by atomic mass is 16.5. The van der Waals surface area contributed by atoms with Gasteiger partial charge in [0.15, 0.2) is 0 Å². The van der Waals surface area contributed by atoms with Gasteiger partial charge in [0.05, 0.1) is 12.6 Å². The van der Waals surface area contributed by atoms with Crippen LogP contribution in [-0.4, -0.2) is 49.0 Å². The summed E-state index contributed by atoms with van der Waals surface area (Å²) in [5.41, 5.74) is -0.867. The van der Waals surface area contributed by atoms with E-state index in [1.165, 1.54) is 0 Å². The largest absolute Gasteiger partial charge is 0.386 e. The number of aliphatic hydroxyl groups is 1. The Morgan fingerprint density at radius 1 is 1.61 bits per heavy atom. The SMILES string of the molecule is CCC1CCNC(C(=O)NCC2(O)CCOC2)C1. The Kier molecular flexibility index (Phi) is 4.59. The van der Waals surface area contributed by atoms with E-state index in [1.54, 1.807) is 0 Å². The molecule has 2 aliphatic heterocycles. The van der Waals surface area contributed by atoms with Crippen LogP contribution in [0.15, 0.2) is 0 Å². The number of rotatable bonds is 4. The van der Waals surface area contributed by atoms with Crippen LogP contribution in [0.4, 0.5) is 0 Å². The number of hydrogen-bond donors (Lipinski definition) is 3. The van der Waals surface area contributed by atoms with Crippen molar-refractivity contribution in [3.63, 3.8) is 0 Å². The first kappa shape index (κ1) is 13.8. The highest BCUT2D eigenvalue weighted by molar-refractivity contribution is 5.81. The lowest BCUT2D eigenvalue weighted by atomic mass is 9.90. The molecule has 0 aromatic rings. The molecule has 3 N–H and O–H groups in total. The lowest BCUT2D eigenvalue weighted by Gasteiger charge is -2.30. The first-order valence-corrected chi connectivity index (χ1v) is 6.94. The Hall–Kier alpha value is -0.650. The first-order chi connectivity index (χ1) is 8.63. The first-order valence-electron chi connectivity index (χ1n) is 6.94. The van der Waals surface area contributed by atoms with E-state index in [0.29, 0.717) is 32.1 Å². The van der Waals surface area contributed by atoms with Crippen LogP contribution >= 0.6 is 0 Å². The van der Waals surface area contributed by atoms with Gasteiger partial charge in [0.25, 0.3) is 0 Å². The number of carbonyl (C=O) groups excluding carboxylic acids is 1. The summed E-state index contributed by atoms with van der Waals surface area (Å²) in [7, 11) is 0. The average Bonchev–Trinajstić information content (AvgIpc) is 2.83. The van der Waals surface area contributed by atoms with Crippen LogP contribution in [0.2, 0.25) is 0 Å². The van der Waals surface area contributed by atoms with Gasteiger partial charge in [-0.25, -0.2) is 0 Å².